The van der Waals surface area contributed by atoms with Crippen LogP contribution in [-0.4, -0.2) is 36.8 Å². The summed E-state index contributed by atoms with van der Waals surface area (Å²) in [7, 11) is 0. The van der Waals surface area contributed by atoms with Crippen molar-refractivity contribution in [3.8, 4) is 0 Å². The Morgan fingerprint density at radius 3 is 2.67 bits per heavy atom. The number of aromatic nitrogens is 4. The van der Waals surface area contributed by atoms with Crippen LogP contribution in [0.25, 0.3) is 16.0 Å². The molecule has 200 valence electrons. The highest BCUT2D eigenvalue weighted by Gasteiger charge is 2.30. The van der Waals surface area contributed by atoms with Crippen LogP contribution in [0.2, 0.25) is 5.02 Å². The molecule has 10 heteroatoms. The van der Waals surface area contributed by atoms with Gasteiger partial charge in [-0.25, -0.2) is 4.40 Å². The lowest BCUT2D eigenvalue weighted by Gasteiger charge is -2.26. The summed E-state index contributed by atoms with van der Waals surface area (Å²) in [5, 5.41) is 10.8. The van der Waals surface area contributed by atoms with Crippen LogP contribution >= 0.6 is 34.7 Å². The third-order valence-electron chi connectivity index (χ3n) is 7.13. The molecule has 0 spiro atoms. The number of benzene rings is 2. The largest absolute Gasteiger partial charge is 0.372 e. The van der Waals surface area contributed by atoms with E-state index in [0.717, 1.165) is 26.2 Å². The average molecular weight is 579 g/mol. The fraction of sp³-hybridized carbons (Fsp3) is 0.310. The van der Waals surface area contributed by atoms with E-state index in [1.165, 1.54) is 11.8 Å². The predicted octanol–water partition coefficient (Wildman–Crippen LogP) is 6.07. The van der Waals surface area contributed by atoms with Gasteiger partial charge >= 0.3 is 0 Å². The molecule has 1 atom stereocenters. The summed E-state index contributed by atoms with van der Waals surface area (Å²) in [5.41, 5.74) is 2.76. The maximum absolute atomic E-state index is 14.0. The van der Waals surface area contributed by atoms with Gasteiger partial charge in [0.15, 0.2) is 10.9 Å². The molecule has 0 radical (unpaired) electrons. The molecule has 0 unspecified atom stereocenters. The van der Waals surface area contributed by atoms with E-state index >= 15 is 0 Å². The molecule has 4 heterocycles. The lowest BCUT2D eigenvalue weighted by molar-refractivity contribution is 0.00200. The highest BCUT2D eigenvalue weighted by atomic mass is 35.5. The number of hydrogen-bond donors (Lipinski definition) is 0. The highest BCUT2D eigenvalue weighted by Crippen LogP contribution is 2.37. The molecular formula is C29H27ClN4O3S2. The number of Topliss-reactive ketones (excluding diaryl/α,β-unsaturated/α-hetero) is 1. The van der Waals surface area contributed by atoms with Gasteiger partial charge < -0.3 is 4.74 Å². The predicted molar refractivity (Wildman–Crippen MR) is 156 cm³/mol. The van der Waals surface area contributed by atoms with Crippen LogP contribution in [0.3, 0.4) is 0 Å². The first-order valence-electron chi connectivity index (χ1n) is 12.9. The number of aryl methyl sites for hydroxylation is 2. The Morgan fingerprint density at radius 1 is 1.15 bits per heavy atom. The van der Waals surface area contributed by atoms with Gasteiger partial charge in [0.2, 0.25) is 5.78 Å². The van der Waals surface area contributed by atoms with Gasteiger partial charge in [-0.15, -0.1) is 21.5 Å². The topological polar surface area (TPSA) is 78.5 Å². The van der Waals surface area contributed by atoms with E-state index in [-0.39, 0.29) is 23.2 Å². The highest BCUT2D eigenvalue weighted by molar-refractivity contribution is 7.99. The summed E-state index contributed by atoms with van der Waals surface area (Å²) in [6.07, 6.45) is 1.46. The van der Waals surface area contributed by atoms with Crippen LogP contribution in [0.15, 0.2) is 64.5 Å². The molecule has 5 aromatic rings. The smallest absolute Gasteiger partial charge is 0.263 e. The summed E-state index contributed by atoms with van der Waals surface area (Å²) >= 11 is 8.87. The van der Waals surface area contributed by atoms with Gasteiger partial charge in [0, 0.05) is 28.4 Å². The number of halogens is 1. The molecule has 2 aromatic carbocycles. The minimum atomic E-state index is -0.0449. The molecule has 0 amide bonds. The van der Waals surface area contributed by atoms with Crippen molar-refractivity contribution in [1.29, 1.82) is 0 Å². The van der Waals surface area contributed by atoms with Gasteiger partial charge in [-0.2, -0.15) is 0 Å². The van der Waals surface area contributed by atoms with Crippen molar-refractivity contribution in [3.63, 3.8) is 0 Å². The first-order chi connectivity index (χ1) is 18.9. The summed E-state index contributed by atoms with van der Waals surface area (Å²) < 4.78 is 9.82. The van der Waals surface area contributed by atoms with Gasteiger partial charge in [-0.05, 0) is 47.7 Å². The Bertz CT molecular complexity index is 1730. The standard InChI is InChI=1S/C29H27ClN4O3S2/c1-17(2)23-14-21-24(15-37-23)39-27-25(21)26(36)33(13-12-18-6-4-3-5-7-18)28-31-32-29(34(27)28)38-16-22(35)19-8-10-20(30)11-9-19/h3-11,17,23H,12-16H2,1-2H3/t23-/m1/s1. The van der Waals surface area contributed by atoms with Crippen molar-refractivity contribution >= 4 is 56.5 Å². The van der Waals surface area contributed by atoms with Crippen LogP contribution in [0.5, 0.6) is 0 Å². The lowest BCUT2D eigenvalue weighted by Crippen LogP contribution is -2.29. The molecule has 0 aliphatic carbocycles. The van der Waals surface area contributed by atoms with Crippen LogP contribution in [-0.2, 0) is 30.7 Å². The van der Waals surface area contributed by atoms with Crippen LogP contribution in [0.1, 0.15) is 40.2 Å². The average Bonchev–Trinajstić information content (AvgIpc) is 3.54. The SMILES string of the molecule is CC(C)[C@H]1Cc2c(sc3c2c(=O)n(CCc2ccccc2)c2nnc(SCC(=O)c4ccc(Cl)cc4)n32)CO1. The molecular weight excluding hydrogens is 552 g/mol. The number of thiophene rings is 1. The summed E-state index contributed by atoms with van der Waals surface area (Å²) in [4.78, 5) is 28.8. The molecule has 7 nitrogen and oxygen atoms in total. The zero-order valence-electron chi connectivity index (χ0n) is 21.6. The Labute approximate surface area is 238 Å². The van der Waals surface area contributed by atoms with Crippen molar-refractivity contribution < 1.29 is 9.53 Å². The normalized spacial score (nSPS) is 15.3. The number of ketones is 1. The number of carbonyl (C=O) groups excluding carboxylic acids is 1. The molecule has 0 bridgehead atoms. The first kappa shape index (κ1) is 26.3. The van der Waals surface area contributed by atoms with Gasteiger partial charge in [0.05, 0.1) is 23.8 Å². The van der Waals surface area contributed by atoms with Gasteiger partial charge in [-0.3, -0.25) is 14.2 Å². The van der Waals surface area contributed by atoms with E-state index < -0.39 is 0 Å². The second kappa shape index (κ2) is 10.9. The van der Waals surface area contributed by atoms with Gasteiger partial charge in [0.1, 0.15) is 4.83 Å². The quantitative estimate of drug-likeness (QED) is 0.164. The van der Waals surface area contributed by atoms with Gasteiger partial charge in [-0.1, -0.05) is 67.5 Å². The van der Waals surface area contributed by atoms with Crippen molar-refractivity contribution in [1.82, 2.24) is 19.2 Å². The number of rotatable bonds is 8. The lowest BCUT2D eigenvalue weighted by atomic mass is 9.96. The van der Waals surface area contributed by atoms with E-state index in [9.17, 15) is 9.59 Å². The second-order valence-electron chi connectivity index (χ2n) is 10.0. The van der Waals surface area contributed by atoms with Gasteiger partial charge in [0.25, 0.3) is 5.56 Å². The fourth-order valence-electron chi connectivity index (χ4n) is 4.95. The molecule has 0 saturated heterocycles. The zero-order chi connectivity index (χ0) is 27.1. The maximum atomic E-state index is 14.0. The summed E-state index contributed by atoms with van der Waals surface area (Å²) in [6, 6.07) is 17.0. The number of ether oxygens (including phenoxy) is 1. The van der Waals surface area contributed by atoms with E-state index in [4.69, 9.17) is 16.3 Å². The van der Waals surface area contributed by atoms with E-state index in [2.05, 4.69) is 36.2 Å². The number of thioether (sulfide) groups is 1. The molecule has 39 heavy (non-hydrogen) atoms. The Hall–Kier alpha value is -2.98. The third kappa shape index (κ3) is 5.04. The summed E-state index contributed by atoms with van der Waals surface area (Å²) in [6.45, 7) is 5.26. The summed E-state index contributed by atoms with van der Waals surface area (Å²) in [5.74, 6) is 0.999. The molecule has 0 N–H and O–H groups in total. The minimum absolute atomic E-state index is 0.0271. The minimum Gasteiger partial charge on any atom is -0.372 e. The van der Waals surface area contributed by atoms with E-state index in [0.29, 0.717) is 53.4 Å². The van der Waals surface area contributed by atoms with Crippen molar-refractivity contribution in [2.75, 3.05) is 5.75 Å². The number of nitrogens with zero attached hydrogens (tertiary/aromatic N) is 4. The van der Waals surface area contributed by atoms with E-state index in [1.807, 2.05) is 22.6 Å². The van der Waals surface area contributed by atoms with Crippen LogP contribution < -0.4 is 5.56 Å². The number of hydrogen-bond acceptors (Lipinski definition) is 7. The molecule has 1 aliphatic heterocycles. The van der Waals surface area contributed by atoms with Crippen molar-refractivity contribution in [3.05, 3.63) is 91.5 Å². The van der Waals surface area contributed by atoms with Crippen LogP contribution in [0, 0.1) is 5.92 Å². The third-order valence-corrected chi connectivity index (χ3v) is 9.51. The van der Waals surface area contributed by atoms with Crippen molar-refractivity contribution in [2.45, 2.75) is 51.1 Å². The molecule has 0 fully saturated rings. The zero-order valence-corrected chi connectivity index (χ0v) is 24.0. The molecule has 3 aromatic heterocycles. The monoisotopic (exact) mass is 578 g/mol. The first-order valence-corrected chi connectivity index (χ1v) is 15.1. The molecule has 6 rings (SSSR count). The van der Waals surface area contributed by atoms with Crippen molar-refractivity contribution in [2.24, 2.45) is 5.92 Å². The second-order valence-corrected chi connectivity index (χ2v) is 12.5. The number of carbonyl (C=O) groups is 1. The Kier molecular flexibility index (Phi) is 7.33. The van der Waals surface area contributed by atoms with E-state index in [1.54, 1.807) is 40.2 Å². The fourth-order valence-corrected chi connectivity index (χ4v) is 7.20. The van der Waals surface area contributed by atoms with Crippen LogP contribution in [0.4, 0.5) is 0 Å². The molecule has 0 saturated carbocycles. The molecule has 1 aliphatic rings. The number of fused-ring (bicyclic) bond motifs is 5. The maximum Gasteiger partial charge on any atom is 0.263 e. The Balaban J connectivity index is 1.44. The Morgan fingerprint density at radius 2 is 1.92 bits per heavy atom.